The minimum Gasteiger partial charge on any atom is -0.316 e. The van der Waals surface area contributed by atoms with Crippen LogP contribution in [0.4, 0.5) is 0 Å². The molecule has 0 bridgehead atoms. The van der Waals surface area contributed by atoms with Crippen molar-refractivity contribution in [2.24, 2.45) is 5.41 Å². The van der Waals surface area contributed by atoms with Gasteiger partial charge in [-0.1, -0.05) is 33.1 Å². The molecular weight excluding hydrogens is 158 g/mol. The van der Waals surface area contributed by atoms with Crippen LogP contribution in [-0.4, -0.2) is 13.1 Å². The standard InChI is InChI=1S/C12H25N/c1-3-5-8-12(7-4-2)9-6-10-13-11-12/h13H,3-11H2,1-2H3. The van der Waals surface area contributed by atoms with E-state index in [0.717, 1.165) is 0 Å². The molecule has 0 saturated carbocycles. The zero-order valence-electron chi connectivity index (χ0n) is 9.36. The van der Waals surface area contributed by atoms with Gasteiger partial charge in [0.25, 0.3) is 0 Å². The van der Waals surface area contributed by atoms with Crippen molar-refractivity contribution in [1.82, 2.24) is 5.32 Å². The van der Waals surface area contributed by atoms with Crippen molar-refractivity contribution in [3.05, 3.63) is 0 Å². The lowest BCUT2D eigenvalue weighted by Crippen LogP contribution is -2.39. The highest BCUT2D eigenvalue weighted by Gasteiger charge is 2.29. The maximum atomic E-state index is 3.57. The largest absolute Gasteiger partial charge is 0.316 e. The summed E-state index contributed by atoms with van der Waals surface area (Å²) in [5.41, 5.74) is 0.670. The van der Waals surface area contributed by atoms with Crippen molar-refractivity contribution in [2.75, 3.05) is 13.1 Å². The predicted octanol–water partition coefficient (Wildman–Crippen LogP) is 3.35. The van der Waals surface area contributed by atoms with Gasteiger partial charge in [-0.2, -0.15) is 0 Å². The Morgan fingerprint density at radius 2 is 2.00 bits per heavy atom. The first-order chi connectivity index (χ1) is 6.33. The van der Waals surface area contributed by atoms with E-state index in [1.165, 1.54) is 58.0 Å². The van der Waals surface area contributed by atoms with Crippen molar-refractivity contribution in [3.8, 4) is 0 Å². The molecule has 1 nitrogen and oxygen atoms in total. The molecule has 1 N–H and O–H groups in total. The third-order valence-electron chi connectivity index (χ3n) is 3.40. The summed E-state index contributed by atoms with van der Waals surface area (Å²) in [6, 6.07) is 0. The zero-order valence-corrected chi connectivity index (χ0v) is 9.36. The Balaban J connectivity index is 2.40. The Hall–Kier alpha value is -0.0400. The highest BCUT2D eigenvalue weighted by Crippen LogP contribution is 2.36. The fraction of sp³-hybridized carbons (Fsp3) is 1.00. The van der Waals surface area contributed by atoms with Gasteiger partial charge >= 0.3 is 0 Å². The van der Waals surface area contributed by atoms with Crippen LogP contribution < -0.4 is 5.32 Å². The first-order valence-electron chi connectivity index (χ1n) is 6.04. The Morgan fingerprint density at radius 3 is 2.54 bits per heavy atom. The minimum atomic E-state index is 0.670. The Labute approximate surface area is 83.3 Å². The molecular formula is C12H25N. The second kappa shape index (κ2) is 5.64. The molecule has 1 saturated heterocycles. The first-order valence-corrected chi connectivity index (χ1v) is 6.04. The molecule has 1 heteroatoms. The lowest BCUT2D eigenvalue weighted by molar-refractivity contribution is 0.169. The molecule has 0 aromatic heterocycles. The fourth-order valence-electron chi connectivity index (χ4n) is 2.66. The van der Waals surface area contributed by atoms with Gasteiger partial charge in [-0.15, -0.1) is 0 Å². The molecule has 1 aliphatic rings. The van der Waals surface area contributed by atoms with Crippen molar-refractivity contribution in [1.29, 1.82) is 0 Å². The minimum absolute atomic E-state index is 0.670. The summed E-state index contributed by atoms with van der Waals surface area (Å²) >= 11 is 0. The van der Waals surface area contributed by atoms with E-state index < -0.39 is 0 Å². The molecule has 1 heterocycles. The van der Waals surface area contributed by atoms with E-state index in [9.17, 15) is 0 Å². The van der Waals surface area contributed by atoms with Crippen molar-refractivity contribution in [3.63, 3.8) is 0 Å². The summed E-state index contributed by atoms with van der Waals surface area (Å²) < 4.78 is 0. The molecule has 0 aromatic rings. The molecule has 0 aromatic carbocycles. The molecule has 0 radical (unpaired) electrons. The van der Waals surface area contributed by atoms with E-state index in [0.29, 0.717) is 5.41 Å². The molecule has 0 amide bonds. The molecule has 0 aliphatic carbocycles. The molecule has 1 unspecified atom stereocenters. The predicted molar refractivity (Wildman–Crippen MR) is 59.0 cm³/mol. The van der Waals surface area contributed by atoms with Crippen molar-refractivity contribution >= 4 is 0 Å². The van der Waals surface area contributed by atoms with E-state index in [1.807, 2.05) is 0 Å². The maximum absolute atomic E-state index is 3.57. The van der Waals surface area contributed by atoms with Gasteiger partial charge in [-0.3, -0.25) is 0 Å². The molecule has 1 fully saturated rings. The Kier molecular flexibility index (Phi) is 4.79. The quantitative estimate of drug-likeness (QED) is 0.689. The first kappa shape index (κ1) is 11.0. The number of piperidine rings is 1. The SMILES string of the molecule is CCCCC1(CCC)CCCNC1. The van der Waals surface area contributed by atoms with Gasteiger partial charge in [0.15, 0.2) is 0 Å². The molecule has 13 heavy (non-hydrogen) atoms. The van der Waals surface area contributed by atoms with Gasteiger partial charge in [0.05, 0.1) is 0 Å². The highest BCUT2D eigenvalue weighted by atomic mass is 14.9. The van der Waals surface area contributed by atoms with Gasteiger partial charge in [0, 0.05) is 6.54 Å². The summed E-state index contributed by atoms with van der Waals surface area (Å²) in [5.74, 6) is 0. The Bertz CT molecular complexity index is 120. The van der Waals surface area contributed by atoms with E-state index in [-0.39, 0.29) is 0 Å². The van der Waals surface area contributed by atoms with Crippen LogP contribution in [0.2, 0.25) is 0 Å². The second-order valence-electron chi connectivity index (χ2n) is 4.63. The number of rotatable bonds is 5. The van der Waals surface area contributed by atoms with Crippen molar-refractivity contribution in [2.45, 2.75) is 58.8 Å². The van der Waals surface area contributed by atoms with Gasteiger partial charge in [-0.25, -0.2) is 0 Å². The van der Waals surface area contributed by atoms with Crippen LogP contribution in [0, 0.1) is 5.41 Å². The lowest BCUT2D eigenvalue weighted by atomic mass is 9.73. The molecule has 1 rings (SSSR count). The van der Waals surface area contributed by atoms with Gasteiger partial charge < -0.3 is 5.32 Å². The zero-order chi connectivity index (χ0) is 9.57. The molecule has 1 aliphatic heterocycles. The van der Waals surface area contributed by atoms with Crippen LogP contribution in [0.5, 0.6) is 0 Å². The molecule has 1 atom stereocenters. The van der Waals surface area contributed by atoms with Crippen LogP contribution in [0.15, 0.2) is 0 Å². The summed E-state index contributed by atoms with van der Waals surface area (Å²) in [6.07, 6.45) is 9.86. The highest BCUT2D eigenvalue weighted by molar-refractivity contribution is 4.84. The van der Waals surface area contributed by atoms with Crippen LogP contribution in [-0.2, 0) is 0 Å². The third kappa shape index (κ3) is 3.30. The average Bonchev–Trinajstić information content (AvgIpc) is 2.17. The monoisotopic (exact) mass is 183 g/mol. The lowest BCUT2D eigenvalue weighted by Gasteiger charge is -2.38. The van der Waals surface area contributed by atoms with E-state index in [1.54, 1.807) is 0 Å². The Morgan fingerprint density at radius 1 is 1.15 bits per heavy atom. The number of hydrogen-bond donors (Lipinski definition) is 1. The third-order valence-corrected chi connectivity index (χ3v) is 3.40. The van der Waals surface area contributed by atoms with Crippen LogP contribution in [0.25, 0.3) is 0 Å². The average molecular weight is 183 g/mol. The smallest absolute Gasteiger partial charge is 0.000781 e. The van der Waals surface area contributed by atoms with Crippen LogP contribution >= 0.6 is 0 Å². The van der Waals surface area contributed by atoms with Gasteiger partial charge in [0.2, 0.25) is 0 Å². The van der Waals surface area contributed by atoms with E-state index in [2.05, 4.69) is 19.2 Å². The summed E-state index contributed by atoms with van der Waals surface area (Å²) in [5, 5.41) is 3.57. The van der Waals surface area contributed by atoms with E-state index >= 15 is 0 Å². The summed E-state index contributed by atoms with van der Waals surface area (Å²) in [6.45, 7) is 7.15. The van der Waals surface area contributed by atoms with Gasteiger partial charge in [-0.05, 0) is 37.6 Å². The summed E-state index contributed by atoms with van der Waals surface area (Å²) in [7, 11) is 0. The topological polar surface area (TPSA) is 12.0 Å². The normalized spacial score (nSPS) is 29.1. The maximum Gasteiger partial charge on any atom is 0.000781 e. The van der Waals surface area contributed by atoms with Crippen molar-refractivity contribution < 1.29 is 0 Å². The van der Waals surface area contributed by atoms with Crippen LogP contribution in [0.3, 0.4) is 0 Å². The van der Waals surface area contributed by atoms with Crippen LogP contribution in [0.1, 0.15) is 58.8 Å². The number of unbranched alkanes of at least 4 members (excludes halogenated alkanes) is 1. The summed E-state index contributed by atoms with van der Waals surface area (Å²) in [4.78, 5) is 0. The molecule has 0 spiro atoms. The second-order valence-corrected chi connectivity index (χ2v) is 4.63. The fourth-order valence-corrected chi connectivity index (χ4v) is 2.66. The molecule has 78 valence electrons. The van der Waals surface area contributed by atoms with Gasteiger partial charge in [0.1, 0.15) is 0 Å². The van der Waals surface area contributed by atoms with E-state index in [4.69, 9.17) is 0 Å². The number of nitrogens with one attached hydrogen (secondary N) is 1. The number of hydrogen-bond acceptors (Lipinski definition) is 1.